The summed E-state index contributed by atoms with van der Waals surface area (Å²) in [6.07, 6.45) is 3.41. The second-order valence-corrected chi connectivity index (χ2v) is 2.40. The smallest absolute Gasteiger partial charge is 0.0262 e. The third kappa shape index (κ3) is 3.91. The Labute approximate surface area is 52.6 Å². The molecule has 1 radical (unpaired) electrons. The van der Waals surface area contributed by atoms with Gasteiger partial charge in [0.25, 0.3) is 0 Å². The van der Waals surface area contributed by atoms with E-state index < -0.39 is 0 Å². The van der Waals surface area contributed by atoms with E-state index in [0.717, 1.165) is 0 Å². The molecule has 8 heavy (non-hydrogen) atoms. The van der Waals surface area contributed by atoms with E-state index in [2.05, 4.69) is 26.8 Å². The van der Waals surface area contributed by atoms with Crippen LogP contribution in [0.4, 0.5) is 0 Å². The van der Waals surface area contributed by atoms with Gasteiger partial charge < -0.3 is 0 Å². The van der Waals surface area contributed by atoms with Gasteiger partial charge in [0.15, 0.2) is 0 Å². The largest absolute Gasteiger partial charge is 0.0828 e. The van der Waals surface area contributed by atoms with E-state index in [0.29, 0.717) is 5.92 Å². The maximum Gasteiger partial charge on any atom is -0.0262 e. The summed E-state index contributed by atoms with van der Waals surface area (Å²) in [7, 11) is 0. The maximum absolute atomic E-state index is 3.79. The van der Waals surface area contributed by atoms with Gasteiger partial charge in [-0.25, -0.2) is 0 Å². The SMILES string of the molecule is [CH2]C(C)=CC(C)CC. The highest BCUT2D eigenvalue weighted by atomic mass is 14.0. The van der Waals surface area contributed by atoms with Crippen LogP contribution in [0.5, 0.6) is 0 Å². The number of hydrogen-bond acceptors (Lipinski definition) is 0. The van der Waals surface area contributed by atoms with Gasteiger partial charge in [0.05, 0.1) is 0 Å². The average Bonchev–Trinajstić information content (AvgIpc) is 1.65. The van der Waals surface area contributed by atoms with Gasteiger partial charge in [-0.05, 0) is 19.8 Å². The molecule has 1 unspecified atom stereocenters. The van der Waals surface area contributed by atoms with Crippen molar-refractivity contribution >= 4 is 0 Å². The van der Waals surface area contributed by atoms with Crippen LogP contribution in [0.15, 0.2) is 11.6 Å². The van der Waals surface area contributed by atoms with Crippen molar-refractivity contribution in [2.24, 2.45) is 5.92 Å². The predicted molar refractivity (Wildman–Crippen MR) is 38.6 cm³/mol. The van der Waals surface area contributed by atoms with E-state index in [-0.39, 0.29) is 0 Å². The second-order valence-electron chi connectivity index (χ2n) is 2.40. The Kier molecular flexibility index (Phi) is 3.59. The van der Waals surface area contributed by atoms with Gasteiger partial charge >= 0.3 is 0 Å². The zero-order valence-electron chi connectivity index (χ0n) is 6.07. The quantitative estimate of drug-likeness (QED) is 0.514. The average molecular weight is 111 g/mol. The van der Waals surface area contributed by atoms with Crippen LogP contribution in [-0.2, 0) is 0 Å². The molecule has 0 aliphatic rings. The first-order valence-corrected chi connectivity index (χ1v) is 3.17. The van der Waals surface area contributed by atoms with Crippen LogP contribution in [0.1, 0.15) is 27.2 Å². The minimum atomic E-state index is 0.701. The fourth-order valence-electron chi connectivity index (χ4n) is 0.604. The Morgan fingerprint density at radius 1 is 1.75 bits per heavy atom. The normalized spacial score (nSPS) is 16.2. The first-order valence-electron chi connectivity index (χ1n) is 3.17. The van der Waals surface area contributed by atoms with Crippen LogP contribution >= 0.6 is 0 Å². The van der Waals surface area contributed by atoms with Crippen LogP contribution < -0.4 is 0 Å². The molecule has 1 atom stereocenters. The lowest BCUT2D eigenvalue weighted by atomic mass is 10.1. The third-order valence-electron chi connectivity index (χ3n) is 1.21. The van der Waals surface area contributed by atoms with Crippen molar-refractivity contribution in [2.45, 2.75) is 27.2 Å². The summed E-state index contributed by atoms with van der Waals surface area (Å²) in [6, 6.07) is 0. The fourth-order valence-corrected chi connectivity index (χ4v) is 0.604. The minimum absolute atomic E-state index is 0.701. The summed E-state index contributed by atoms with van der Waals surface area (Å²) in [6.45, 7) is 10.2. The predicted octanol–water partition coefficient (Wildman–Crippen LogP) is 2.81. The molecule has 0 N–H and O–H groups in total. The van der Waals surface area contributed by atoms with E-state index in [1.54, 1.807) is 0 Å². The molecule has 0 spiro atoms. The molecule has 0 aromatic rings. The monoisotopic (exact) mass is 111 g/mol. The summed E-state index contributed by atoms with van der Waals surface area (Å²) >= 11 is 0. The molecule has 0 amide bonds. The number of allylic oxidation sites excluding steroid dienone is 2. The van der Waals surface area contributed by atoms with Gasteiger partial charge in [-0.2, -0.15) is 0 Å². The Morgan fingerprint density at radius 3 is 2.38 bits per heavy atom. The standard InChI is InChI=1S/C8H15/c1-5-8(4)6-7(2)3/h6,8H,2,5H2,1,3-4H3. The van der Waals surface area contributed by atoms with E-state index in [9.17, 15) is 0 Å². The van der Waals surface area contributed by atoms with Crippen molar-refractivity contribution in [2.75, 3.05) is 0 Å². The molecule has 0 heterocycles. The highest BCUT2D eigenvalue weighted by Gasteiger charge is 1.89. The van der Waals surface area contributed by atoms with Crippen LogP contribution in [0.3, 0.4) is 0 Å². The zero-order valence-corrected chi connectivity index (χ0v) is 6.07. The molecule has 0 saturated heterocycles. The molecule has 0 saturated carbocycles. The van der Waals surface area contributed by atoms with Gasteiger partial charge in [0.2, 0.25) is 0 Å². The van der Waals surface area contributed by atoms with Crippen LogP contribution in [0.25, 0.3) is 0 Å². The summed E-state index contributed by atoms with van der Waals surface area (Å²) in [5.74, 6) is 0.701. The molecular formula is C8H15. The van der Waals surface area contributed by atoms with E-state index in [1.165, 1.54) is 12.0 Å². The first kappa shape index (κ1) is 7.74. The summed E-state index contributed by atoms with van der Waals surface area (Å²) in [4.78, 5) is 0. The Hall–Kier alpha value is -0.260. The molecule has 0 aliphatic carbocycles. The lowest BCUT2D eigenvalue weighted by Gasteiger charge is -1.99. The highest BCUT2D eigenvalue weighted by molar-refractivity contribution is 5.02. The molecule has 0 aromatic carbocycles. The number of hydrogen-bond donors (Lipinski definition) is 0. The van der Waals surface area contributed by atoms with Gasteiger partial charge in [-0.15, -0.1) is 0 Å². The van der Waals surface area contributed by atoms with Gasteiger partial charge in [-0.3, -0.25) is 0 Å². The van der Waals surface area contributed by atoms with Crippen LogP contribution in [0.2, 0.25) is 0 Å². The minimum Gasteiger partial charge on any atom is -0.0828 e. The first-order chi connectivity index (χ1) is 3.66. The summed E-state index contributed by atoms with van der Waals surface area (Å²) < 4.78 is 0. The van der Waals surface area contributed by atoms with E-state index in [1.807, 2.05) is 6.92 Å². The fraction of sp³-hybridized carbons (Fsp3) is 0.625. The van der Waals surface area contributed by atoms with Crippen molar-refractivity contribution in [3.05, 3.63) is 18.6 Å². The highest BCUT2D eigenvalue weighted by Crippen LogP contribution is 2.04. The van der Waals surface area contributed by atoms with E-state index >= 15 is 0 Å². The Bertz CT molecular complexity index is 76.0. The third-order valence-corrected chi connectivity index (χ3v) is 1.21. The molecular weight excluding hydrogens is 96.1 g/mol. The van der Waals surface area contributed by atoms with Gasteiger partial charge in [0.1, 0.15) is 0 Å². The Balaban J connectivity index is 3.51. The summed E-state index contributed by atoms with van der Waals surface area (Å²) in [5.41, 5.74) is 1.18. The summed E-state index contributed by atoms with van der Waals surface area (Å²) in [5, 5.41) is 0. The molecule has 47 valence electrons. The molecule has 0 aromatic heterocycles. The molecule has 0 bridgehead atoms. The molecule has 0 heteroatoms. The molecule has 0 rings (SSSR count). The topological polar surface area (TPSA) is 0 Å². The van der Waals surface area contributed by atoms with Gasteiger partial charge in [-0.1, -0.05) is 31.9 Å². The van der Waals surface area contributed by atoms with Gasteiger partial charge in [0, 0.05) is 0 Å². The van der Waals surface area contributed by atoms with Crippen molar-refractivity contribution < 1.29 is 0 Å². The van der Waals surface area contributed by atoms with Crippen molar-refractivity contribution in [1.29, 1.82) is 0 Å². The zero-order chi connectivity index (χ0) is 6.57. The maximum atomic E-state index is 3.79. The van der Waals surface area contributed by atoms with E-state index in [4.69, 9.17) is 0 Å². The molecule has 0 fully saturated rings. The molecule has 0 aliphatic heterocycles. The lowest BCUT2D eigenvalue weighted by molar-refractivity contribution is 0.694. The number of rotatable bonds is 2. The Morgan fingerprint density at radius 2 is 2.25 bits per heavy atom. The van der Waals surface area contributed by atoms with Crippen molar-refractivity contribution in [3.63, 3.8) is 0 Å². The second kappa shape index (κ2) is 3.71. The van der Waals surface area contributed by atoms with Crippen molar-refractivity contribution in [1.82, 2.24) is 0 Å². The molecule has 0 nitrogen and oxygen atoms in total. The van der Waals surface area contributed by atoms with Crippen LogP contribution in [-0.4, -0.2) is 0 Å². The van der Waals surface area contributed by atoms with Crippen molar-refractivity contribution in [3.8, 4) is 0 Å². The van der Waals surface area contributed by atoms with Crippen LogP contribution in [0, 0.1) is 12.8 Å². The lowest BCUT2D eigenvalue weighted by Crippen LogP contribution is -1.84.